The van der Waals surface area contributed by atoms with Gasteiger partial charge in [0.05, 0.1) is 31.1 Å². The summed E-state index contributed by atoms with van der Waals surface area (Å²) in [6, 6.07) is 13.9. The molecule has 0 radical (unpaired) electrons. The van der Waals surface area contributed by atoms with Gasteiger partial charge in [-0.2, -0.15) is 0 Å². The maximum absolute atomic E-state index is 10.9. The van der Waals surface area contributed by atoms with E-state index in [0.29, 0.717) is 30.7 Å². The average Bonchev–Trinajstić information content (AvgIpc) is 3.21. The molecule has 1 aliphatic carbocycles. The fraction of sp³-hybridized carbons (Fsp3) is 0.423. The number of carbonyl (C=O) groups is 1. The lowest BCUT2D eigenvalue weighted by Crippen LogP contribution is -2.19. The monoisotopic (exact) mass is 451 g/mol. The lowest BCUT2D eigenvalue weighted by molar-refractivity contribution is -0.117. The third-order valence-electron chi connectivity index (χ3n) is 5.55. The summed E-state index contributed by atoms with van der Waals surface area (Å²) in [6.45, 7) is 3.01. The summed E-state index contributed by atoms with van der Waals surface area (Å²) in [6.07, 6.45) is 8.83. The van der Waals surface area contributed by atoms with E-state index in [4.69, 9.17) is 14.0 Å². The van der Waals surface area contributed by atoms with Crippen LogP contribution in [0.15, 0.2) is 53.2 Å². The van der Waals surface area contributed by atoms with Crippen molar-refractivity contribution >= 4 is 6.41 Å². The number of pyridine rings is 1. The standard InChI is InChI=1S/C18H23N3O3.C8H10O/c1-13-16(11-21(2)12-22)18(24-20-13)17-9-8-15(10-19-17)23-14-6-4-3-5-7-14;1-9-7-8-5-3-2-4-6-8/h8-10,12,14H,3-7,11H2,1-2H3;2-6H,7H2,1H3. The van der Waals surface area contributed by atoms with Gasteiger partial charge in [-0.3, -0.25) is 4.79 Å². The Morgan fingerprint density at radius 3 is 2.52 bits per heavy atom. The normalized spacial score (nSPS) is 13.7. The van der Waals surface area contributed by atoms with Crippen LogP contribution in [0.5, 0.6) is 5.75 Å². The fourth-order valence-corrected chi connectivity index (χ4v) is 3.76. The molecule has 0 unspecified atom stereocenters. The highest BCUT2D eigenvalue weighted by atomic mass is 16.5. The fourth-order valence-electron chi connectivity index (χ4n) is 3.76. The SMILES string of the molecule is COCc1ccccc1.Cc1noc(-c2ccc(OC3CCCCC3)cn2)c1CN(C)C=O. The van der Waals surface area contributed by atoms with E-state index in [1.807, 2.05) is 49.4 Å². The van der Waals surface area contributed by atoms with E-state index in [-0.39, 0.29) is 0 Å². The molecule has 2 heterocycles. The predicted molar refractivity (Wildman–Crippen MR) is 127 cm³/mol. The number of nitrogens with zero attached hydrogens (tertiary/aromatic N) is 3. The van der Waals surface area contributed by atoms with E-state index in [2.05, 4.69) is 10.1 Å². The maximum atomic E-state index is 10.9. The molecular formula is C26H33N3O4. The van der Waals surface area contributed by atoms with Gasteiger partial charge in [-0.25, -0.2) is 4.98 Å². The molecule has 7 nitrogen and oxygen atoms in total. The average molecular weight is 452 g/mol. The summed E-state index contributed by atoms with van der Waals surface area (Å²) in [5.41, 5.74) is 3.56. The number of benzene rings is 1. The second kappa shape index (κ2) is 12.7. The van der Waals surface area contributed by atoms with Crippen molar-refractivity contribution in [3.8, 4) is 17.2 Å². The highest BCUT2D eigenvalue weighted by Crippen LogP contribution is 2.28. The smallest absolute Gasteiger partial charge is 0.209 e. The van der Waals surface area contributed by atoms with Crippen molar-refractivity contribution in [2.45, 2.75) is 58.3 Å². The van der Waals surface area contributed by atoms with Crippen LogP contribution >= 0.6 is 0 Å². The minimum atomic E-state index is 0.302. The molecule has 33 heavy (non-hydrogen) atoms. The summed E-state index contributed by atoms with van der Waals surface area (Å²) in [7, 11) is 3.42. The Labute approximate surface area is 195 Å². The zero-order valence-electron chi connectivity index (χ0n) is 19.7. The zero-order valence-corrected chi connectivity index (χ0v) is 19.7. The number of aryl methyl sites for hydroxylation is 1. The van der Waals surface area contributed by atoms with E-state index in [1.165, 1.54) is 24.8 Å². The Kier molecular flexibility index (Phi) is 9.44. The van der Waals surface area contributed by atoms with Crippen molar-refractivity contribution < 1.29 is 18.8 Å². The van der Waals surface area contributed by atoms with Gasteiger partial charge in [0, 0.05) is 19.7 Å². The summed E-state index contributed by atoms with van der Waals surface area (Å²) in [5, 5.41) is 4.01. The molecule has 0 spiro atoms. The van der Waals surface area contributed by atoms with Gasteiger partial charge >= 0.3 is 0 Å². The lowest BCUT2D eigenvalue weighted by Gasteiger charge is -2.22. The van der Waals surface area contributed by atoms with E-state index in [1.54, 1.807) is 25.3 Å². The van der Waals surface area contributed by atoms with Crippen molar-refractivity contribution in [2.75, 3.05) is 14.2 Å². The molecule has 176 valence electrons. The van der Waals surface area contributed by atoms with Gasteiger partial charge in [0.25, 0.3) is 0 Å². The van der Waals surface area contributed by atoms with Gasteiger partial charge in [0.1, 0.15) is 11.4 Å². The molecule has 0 atom stereocenters. The Bertz CT molecular complexity index is 967. The molecule has 7 heteroatoms. The van der Waals surface area contributed by atoms with Gasteiger partial charge in [0.15, 0.2) is 5.76 Å². The van der Waals surface area contributed by atoms with E-state index in [9.17, 15) is 4.79 Å². The van der Waals surface area contributed by atoms with Crippen molar-refractivity contribution in [1.82, 2.24) is 15.0 Å². The van der Waals surface area contributed by atoms with Crippen LogP contribution in [-0.4, -0.2) is 41.7 Å². The first-order valence-corrected chi connectivity index (χ1v) is 11.4. The van der Waals surface area contributed by atoms with Crippen LogP contribution in [0.4, 0.5) is 0 Å². The largest absolute Gasteiger partial charge is 0.489 e. The molecule has 0 aliphatic heterocycles. The highest BCUT2D eigenvalue weighted by Gasteiger charge is 2.18. The van der Waals surface area contributed by atoms with Crippen LogP contribution in [0.1, 0.15) is 48.9 Å². The van der Waals surface area contributed by atoms with Crippen LogP contribution < -0.4 is 4.74 Å². The number of hydrogen-bond donors (Lipinski definition) is 0. The van der Waals surface area contributed by atoms with Gasteiger partial charge in [-0.15, -0.1) is 0 Å². The first kappa shape index (κ1) is 24.5. The van der Waals surface area contributed by atoms with Crippen molar-refractivity contribution in [1.29, 1.82) is 0 Å². The highest BCUT2D eigenvalue weighted by molar-refractivity contribution is 5.59. The Hall–Kier alpha value is -3.19. The van der Waals surface area contributed by atoms with Crippen molar-refractivity contribution in [3.05, 3.63) is 65.5 Å². The number of aromatic nitrogens is 2. The predicted octanol–water partition coefficient (Wildman–Crippen LogP) is 5.18. The minimum absolute atomic E-state index is 0.302. The maximum Gasteiger partial charge on any atom is 0.209 e. The lowest BCUT2D eigenvalue weighted by atomic mass is 9.98. The second-order valence-electron chi connectivity index (χ2n) is 8.27. The van der Waals surface area contributed by atoms with Gasteiger partial charge in [-0.05, 0) is 50.3 Å². The second-order valence-corrected chi connectivity index (χ2v) is 8.27. The summed E-state index contributed by atoms with van der Waals surface area (Å²) >= 11 is 0. The minimum Gasteiger partial charge on any atom is -0.489 e. The Morgan fingerprint density at radius 2 is 1.88 bits per heavy atom. The molecule has 0 bridgehead atoms. The molecule has 1 aromatic carbocycles. The molecule has 0 saturated heterocycles. The first-order chi connectivity index (χ1) is 16.1. The van der Waals surface area contributed by atoms with Crippen LogP contribution in [0.2, 0.25) is 0 Å². The number of ether oxygens (including phenoxy) is 2. The third-order valence-corrected chi connectivity index (χ3v) is 5.55. The molecule has 1 amide bonds. The molecule has 0 N–H and O–H groups in total. The zero-order chi connectivity index (χ0) is 23.5. The number of rotatable bonds is 8. The van der Waals surface area contributed by atoms with Crippen LogP contribution in [-0.2, 0) is 22.7 Å². The molecule has 1 aliphatic rings. The molecule has 2 aromatic heterocycles. The first-order valence-electron chi connectivity index (χ1n) is 11.4. The van der Waals surface area contributed by atoms with Crippen LogP contribution in [0, 0.1) is 6.92 Å². The van der Waals surface area contributed by atoms with E-state index in [0.717, 1.165) is 36.3 Å². The number of methoxy groups -OCH3 is 1. The molecule has 3 aromatic rings. The molecule has 1 fully saturated rings. The van der Waals surface area contributed by atoms with E-state index >= 15 is 0 Å². The number of carbonyl (C=O) groups excluding carboxylic acids is 1. The van der Waals surface area contributed by atoms with Crippen molar-refractivity contribution in [2.24, 2.45) is 0 Å². The van der Waals surface area contributed by atoms with Crippen LogP contribution in [0.25, 0.3) is 11.5 Å². The topological polar surface area (TPSA) is 77.7 Å². The van der Waals surface area contributed by atoms with Gasteiger partial charge in [-0.1, -0.05) is 41.9 Å². The van der Waals surface area contributed by atoms with Gasteiger partial charge in [0.2, 0.25) is 6.41 Å². The molecular weight excluding hydrogens is 418 g/mol. The Morgan fingerprint density at radius 1 is 1.12 bits per heavy atom. The quantitative estimate of drug-likeness (QED) is 0.439. The number of hydrogen-bond acceptors (Lipinski definition) is 6. The van der Waals surface area contributed by atoms with Crippen molar-refractivity contribution in [3.63, 3.8) is 0 Å². The molecule has 4 rings (SSSR count). The van der Waals surface area contributed by atoms with E-state index < -0.39 is 0 Å². The molecule has 1 saturated carbocycles. The van der Waals surface area contributed by atoms with Crippen LogP contribution in [0.3, 0.4) is 0 Å². The summed E-state index contributed by atoms with van der Waals surface area (Å²) < 4.78 is 16.3. The number of amides is 1. The summed E-state index contributed by atoms with van der Waals surface area (Å²) in [4.78, 5) is 16.9. The Balaban J connectivity index is 0.000000286. The third kappa shape index (κ3) is 7.43. The summed E-state index contributed by atoms with van der Waals surface area (Å²) in [5.74, 6) is 1.39. The van der Waals surface area contributed by atoms with Gasteiger partial charge < -0.3 is 18.9 Å².